The quantitative estimate of drug-likeness (QED) is 0.705. The van der Waals surface area contributed by atoms with Gasteiger partial charge in [-0.15, -0.1) is 0 Å². The fourth-order valence-electron chi connectivity index (χ4n) is 2.50. The van der Waals surface area contributed by atoms with Gasteiger partial charge in [0, 0.05) is 5.56 Å². The van der Waals surface area contributed by atoms with Gasteiger partial charge >= 0.3 is 0 Å². The van der Waals surface area contributed by atoms with Crippen LogP contribution in [0.15, 0.2) is 4.79 Å². The van der Waals surface area contributed by atoms with Crippen LogP contribution < -0.4 is 10.5 Å². The molecule has 0 radical (unpaired) electrons. The van der Waals surface area contributed by atoms with Crippen LogP contribution in [-0.4, -0.2) is 28.2 Å². The Bertz CT molecular complexity index is 591. The average molecular weight is 247 g/mol. The lowest BCUT2D eigenvalue weighted by Gasteiger charge is -2.18. The Labute approximate surface area is 103 Å². The number of rotatable bonds is 1. The van der Waals surface area contributed by atoms with Gasteiger partial charge < -0.3 is 0 Å². The highest BCUT2D eigenvalue weighted by Crippen LogP contribution is 2.20. The SMILES string of the molecule is O=C1CC(=O)N(c2nc3c(c(=O)[nH]2)CCCC3)C1. The van der Waals surface area contributed by atoms with Crippen LogP contribution in [-0.2, 0) is 22.4 Å². The van der Waals surface area contributed by atoms with E-state index in [1.165, 1.54) is 4.90 Å². The van der Waals surface area contributed by atoms with E-state index < -0.39 is 0 Å². The molecule has 94 valence electrons. The molecule has 6 nitrogen and oxygen atoms in total. The molecule has 0 aromatic carbocycles. The van der Waals surface area contributed by atoms with Crippen molar-refractivity contribution in [3.63, 3.8) is 0 Å². The highest BCUT2D eigenvalue weighted by atomic mass is 16.2. The summed E-state index contributed by atoms with van der Waals surface area (Å²) in [6, 6.07) is 0. The fourth-order valence-corrected chi connectivity index (χ4v) is 2.50. The molecule has 0 unspecified atom stereocenters. The minimum absolute atomic E-state index is 0.0144. The molecule has 1 amide bonds. The third kappa shape index (κ3) is 1.73. The van der Waals surface area contributed by atoms with Crippen LogP contribution in [0.2, 0.25) is 0 Å². The third-order valence-corrected chi connectivity index (χ3v) is 3.42. The number of carbonyl (C=O) groups excluding carboxylic acids is 2. The number of aryl methyl sites for hydroxylation is 1. The van der Waals surface area contributed by atoms with Gasteiger partial charge in [0.15, 0.2) is 5.78 Å². The number of fused-ring (bicyclic) bond motifs is 1. The number of ketones is 1. The van der Waals surface area contributed by atoms with Gasteiger partial charge in [0.05, 0.1) is 18.7 Å². The van der Waals surface area contributed by atoms with Gasteiger partial charge in [-0.25, -0.2) is 4.98 Å². The number of aromatic amines is 1. The van der Waals surface area contributed by atoms with Crippen molar-refractivity contribution in [3.8, 4) is 0 Å². The summed E-state index contributed by atoms with van der Waals surface area (Å²) in [5.74, 6) is -0.212. The van der Waals surface area contributed by atoms with Crippen molar-refractivity contribution in [1.82, 2.24) is 9.97 Å². The van der Waals surface area contributed by atoms with E-state index in [4.69, 9.17) is 0 Å². The number of Topliss-reactive ketones (excluding diaryl/α,β-unsaturated/α-hetero) is 1. The van der Waals surface area contributed by atoms with Crippen LogP contribution in [0.1, 0.15) is 30.5 Å². The highest BCUT2D eigenvalue weighted by Gasteiger charge is 2.31. The molecule has 1 aromatic heterocycles. The molecule has 2 aliphatic rings. The van der Waals surface area contributed by atoms with Gasteiger partial charge in [0.2, 0.25) is 11.9 Å². The first kappa shape index (κ1) is 11.1. The molecule has 2 heterocycles. The van der Waals surface area contributed by atoms with Gasteiger partial charge in [0.25, 0.3) is 5.56 Å². The molecule has 1 fully saturated rings. The van der Waals surface area contributed by atoms with Crippen LogP contribution >= 0.6 is 0 Å². The summed E-state index contributed by atoms with van der Waals surface area (Å²) >= 11 is 0. The number of H-pyrrole nitrogens is 1. The molecule has 18 heavy (non-hydrogen) atoms. The van der Waals surface area contributed by atoms with E-state index in [2.05, 4.69) is 9.97 Å². The first-order valence-corrected chi connectivity index (χ1v) is 6.09. The molecule has 0 spiro atoms. The van der Waals surface area contributed by atoms with Crippen LogP contribution in [0.25, 0.3) is 0 Å². The van der Waals surface area contributed by atoms with E-state index in [0.29, 0.717) is 0 Å². The van der Waals surface area contributed by atoms with Crippen molar-refractivity contribution < 1.29 is 9.59 Å². The first-order valence-electron chi connectivity index (χ1n) is 6.09. The predicted molar refractivity (Wildman–Crippen MR) is 63.5 cm³/mol. The summed E-state index contributed by atoms with van der Waals surface area (Å²) in [6.07, 6.45) is 3.42. The summed E-state index contributed by atoms with van der Waals surface area (Å²) in [5.41, 5.74) is 1.32. The Morgan fingerprint density at radius 3 is 2.61 bits per heavy atom. The molecule has 3 rings (SSSR count). The lowest BCUT2D eigenvalue weighted by atomic mass is 9.97. The number of amides is 1. The Hall–Kier alpha value is -1.98. The largest absolute Gasteiger partial charge is 0.297 e. The summed E-state index contributed by atoms with van der Waals surface area (Å²) in [4.78, 5) is 43.0. The molecule has 0 atom stereocenters. The third-order valence-electron chi connectivity index (χ3n) is 3.42. The molecular weight excluding hydrogens is 234 g/mol. The maximum Gasteiger partial charge on any atom is 0.255 e. The molecular formula is C12H13N3O3. The number of hydrogen-bond donors (Lipinski definition) is 1. The van der Waals surface area contributed by atoms with Crippen LogP contribution in [0.4, 0.5) is 5.95 Å². The predicted octanol–water partition coefficient (Wildman–Crippen LogP) is -0.0455. The van der Waals surface area contributed by atoms with E-state index in [1.54, 1.807) is 0 Å². The van der Waals surface area contributed by atoms with E-state index in [-0.39, 0.29) is 36.2 Å². The van der Waals surface area contributed by atoms with Crippen LogP contribution in [0.3, 0.4) is 0 Å². The maximum atomic E-state index is 11.9. The van der Waals surface area contributed by atoms with Crippen molar-refractivity contribution in [1.29, 1.82) is 0 Å². The van der Waals surface area contributed by atoms with E-state index in [0.717, 1.165) is 36.9 Å². The number of nitrogens with one attached hydrogen (secondary N) is 1. The molecule has 1 aromatic rings. The number of anilines is 1. The minimum Gasteiger partial charge on any atom is -0.297 e. The number of aromatic nitrogens is 2. The van der Waals surface area contributed by atoms with Crippen LogP contribution in [0.5, 0.6) is 0 Å². The zero-order valence-corrected chi connectivity index (χ0v) is 9.86. The van der Waals surface area contributed by atoms with Crippen molar-refractivity contribution >= 4 is 17.6 Å². The average Bonchev–Trinajstić information content (AvgIpc) is 2.68. The second-order valence-electron chi connectivity index (χ2n) is 4.72. The lowest BCUT2D eigenvalue weighted by molar-refractivity contribution is -0.121. The maximum absolute atomic E-state index is 11.9. The van der Waals surface area contributed by atoms with Gasteiger partial charge in [-0.2, -0.15) is 0 Å². The van der Waals surface area contributed by atoms with E-state index in [9.17, 15) is 14.4 Å². The molecule has 0 bridgehead atoms. The first-order chi connectivity index (χ1) is 8.65. The highest BCUT2D eigenvalue weighted by molar-refractivity contribution is 6.14. The fraction of sp³-hybridized carbons (Fsp3) is 0.500. The Morgan fingerprint density at radius 2 is 1.89 bits per heavy atom. The second kappa shape index (κ2) is 4.04. The van der Waals surface area contributed by atoms with Gasteiger partial charge in [-0.05, 0) is 25.7 Å². The summed E-state index contributed by atoms with van der Waals surface area (Å²) < 4.78 is 0. The molecule has 1 N–H and O–H groups in total. The molecule has 1 saturated heterocycles. The topological polar surface area (TPSA) is 83.1 Å². The second-order valence-corrected chi connectivity index (χ2v) is 4.72. The minimum atomic E-state index is -0.293. The van der Waals surface area contributed by atoms with E-state index >= 15 is 0 Å². The zero-order chi connectivity index (χ0) is 12.7. The summed E-state index contributed by atoms with van der Waals surface area (Å²) in [7, 11) is 0. The Balaban J connectivity index is 2.03. The molecule has 1 aliphatic heterocycles. The van der Waals surface area contributed by atoms with Gasteiger partial charge in [-0.3, -0.25) is 24.3 Å². The number of carbonyl (C=O) groups is 2. The molecule has 6 heteroatoms. The summed E-state index contributed by atoms with van der Waals surface area (Å²) in [6.45, 7) is 0.0144. The lowest BCUT2D eigenvalue weighted by Crippen LogP contribution is -2.31. The molecule has 0 saturated carbocycles. The standard InChI is InChI=1S/C12H13N3O3/c16-7-5-10(17)15(6-7)12-13-9-4-2-1-3-8(9)11(18)14-12/h1-6H2,(H,13,14,18). The normalized spacial score (nSPS) is 19.2. The summed E-state index contributed by atoms with van der Waals surface area (Å²) in [5, 5.41) is 0. The van der Waals surface area contributed by atoms with Gasteiger partial charge in [-0.1, -0.05) is 0 Å². The number of nitrogens with zero attached hydrogens (tertiary/aromatic N) is 2. The molecule has 1 aliphatic carbocycles. The van der Waals surface area contributed by atoms with Crippen molar-refractivity contribution in [2.45, 2.75) is 32.1 Å². The number of hydrogen-bond acceptors (Lipinski definition) is 4. The van der Waals surface area contributed by atoms with E-state index in [1.807, 2.05) is 0 Å². The van der Waals surface area contributed by atoms with Crippen molar-refractivity contribution in [2.24, 2.45) is 0 Å². The Morgan fingerprint density at radius 1 is 1.11 bits per heavy atom. The van der Waals surface area contributed by atoms with Gasteiger partial charge in [0.1, 0.15) is 0 Å². The smallest absolute Gasteiger partial charge is 0.255 e. The van der Waals surface area contributed by atoms with Crippen molar-refractivity contribution in [3.05, 3.63) is 21.6 Å². The Kier molecular flexibility index (Phi) is 2.50. The van der Waals surface area contributed by atoms with Crippen LogP contribution in [0, 0.1) is 0 Å². The zero-order valence-electron chi connectivity index (χ0n) is 9.86. The monoisotopic (exact) mass is 247 g/mol. The van der Waals surface area contributed by atoms with Crippen molar-refractivity contribution in [2.75, 3.05) is 11.4 Å².